The highest BCUT2D eigenvalue weighted by atomic mass is 16.5. The van der Waals surface area contributed by atoms with Gasteiger partial charge in [-0.15, -0.1) is 0 Å². The van der Waals surface area contributed by atoms with Crippen molar-refractivity contribution in [2.45, 2.75) is 50.7 Å². The summed E-state index contributed by atoms with van der Waals surface area (Å²) in [4.78, 5) is 86.3. The molecule has 1 fully saturated rings. The lowest BCUT2D eigenvalue weighted by molar-refractivity contribution is -0.136. The number of carbonyl (C=O) groups excluding carboxylic acids is 6. The van der Waals surface area contributed by atoms with Gasteiger partial charge in [0.2, 0.25) is 17.7 Å². The number of anilines is 1. The maximum absolute atomic E-state index is 14.6. The largest absolute Gasteiger partial charge is 0.493 e. The van der Waals surface area contributed by atoms with Crippen molar-refractivity contribution in [1.82, 2.24) is 20.5 Å². The van der Waals surface area contributed by atoms with Crippen molar-refractivity contribution in [1.29, 1.82) is 0 Å². The van der Waals surface area contributed by atoms with Crippen LogP contribution in [-0.4, -0.2) is 64.6 Å². The van der Waals surface area contributed by atoms with Crippen LogP contribution in [0.3, 0.4) is 0 Å². The summed E-state index contributed by atoms with van der Waals surface area (Å²) >= 11 is 0. The molecule has 4 heterocycles. The fraction of sp³-hybridized carbons (Fsp3) is 0.204. The van der Waals surface area contributed by atoms with Crippen LogP contribution in [0.25, 0.3) is 11.1 Å². The summed E-state index contributed by atoms with van der Waals surface area (Å²) in [5.41, 5.74) is 3.87. The van der Waals surface area contributed by atoms with Crippen LogP contribution < -0.4 is 25.0 Å². The second-order valence-electron chi connectivity index (χ2n) is 15.1. The molecule has 2 N–H and O–H groups in total. The van der Waals surface area contributed by atoms with E-state index in [4.69, 9.17) is 13.9 Å². The number of unbranched alkanes of at least 4 members (excludes halogenated alkanes) is 1. The van der Waals surface area contributed by atoms with Gasteiger partial charge in [-0.2, -0.15) is 0 Å². The summed E-state index contributed by atoms with van der Waals surface area (Å²) in [6, 6.07) is 33.3. The van der Waals surface area contributed by atoms with E-state index in [1.807, 2.05) is 85.8 Å². The van der Waals surface area contributed by atoms with Gasteiger partial charge in [0.1, 0.15) is 23.6 Å². The molecule has 0 spiro atoms. The van der Waals surface area contributed by atoms with Gasteiger partial charge in [-0.25, -0.2) is 0 Å². The number of para-hydroxylation sites is 1. The van der Waals surface area contributed by atoms with Crippen molar-refractivity contribution in [2.75, 3.05) is 18.1 Å². The molecule has 14 heteroatoms. The van der Waals surface area contributed by atoms with Crippen LogP contribution >= 0.6 is 0 Å². The van der Waals surface area contributed by atoms with Crippen molar-refractivity contribution in [3.05, 3.63) is 168 Å². The third-order valence-corrected chi connectivity index (χ3v) is 10.9. The summed E-state index contributed by atoms with van der Waals surface area (Å²) in [5, 5.41) is 5.33. The lowest BCUT2D eigenvalue weighted by Crippen LogP contribution is -2.54. The predicted molar refractivity (Wildman–Crippen MR) is 231 cm³/mol. The highest BCUT2D eigenvalue weighted by molar-refractivity contribution is 6.24. The molecule has 6 amide bonds. The molecule has 14 nitrogen and oxygen atoms in total. The standard InChI is InChI=1S/C49H43N5O9/c1-31(51-46(57)44(34-14-10-26-50-30-34)53(48(59)41-19-11-29-63-41)35-22-20-33(21-23-35)32-12-3-2-4-13-32)36-15-5-6-17-39(36)61-27-7-8-28-62-40-18-9-16-37-43(40)49(60)54(47(37)58)38-24-25-42(55)52-45(38)56/h2-6,9-23,26,29-31,38,44H,7-8,24-25,27-28H2,1H3,(H,51,57)(H,52,55,56)/t31?,38?,44-/m1/s1. The van der Waals surface area contributed by atoms with Gasteiger partial charge in [-0.1, -0.05) is 72.8 Å². The second-order valence-corrected chi connectivity index (χ2v) is 15.1. The number of nitrogens with one attached hydrogen (secondary N) is 2. The highest BCUT2D eigenvalue weighted by Crippen LogP contribution is 2.35. The average Bonchev–Trinajstić information content (AvgIpc) is 3.94. The van der Waals surface area contributed by atoms with Crippen molar-refractivity contribution in [3.8, 4) is 22.6 Å². The molecule has 2 unspecified atom stereocenters. The monoisotopic (exact) mass is 845 g/mol. The molecule has 2 aliphatic heterocycles. The molecular formula is C49H43N5O9. The summed E-state index contributed by atoms with van der Waals surface area (Å²) in [5.74, 6) is -2.48. The van der Waals surface area contributed by atoms with Gasteiger partial charge in [-0.3, -0.25) is 48.9 Å². The Hall–Kier alpha value is -7.87. The van der Waals surface area contributed by atoms with Crippen LogP contribution in [0, 0.1) is 0 Å². The predicted octanol–water partition coefficient (Wildman–Crippen LogP) is 7.25. The Balaban J connectivity index is 0.929. The molecule has 2 aromatic heterocycles. The van der Waals surface area contributed by atoms with Crippen LogP contribution in [0.1, 0.15) is 87.1 Å². The lowest BCUT2D eigenvalue weighted by atomic mass is 10.0. The molecule has 0 aliphatic carbocycles. The highest BCUT2D eigenvalue weighted by Gasteiger charge is 2.46. The van der Waals surface area contributed by atoms with Gasteiger partial charge in [0.05, 0.1) is 36.6 Å². The fourth-order valence-corrected chi connectivity index (χ4v) is 7.82. The number of amides is 6. The molecule has 63 heavy (non-hydrogen) atoms. The number of piperidine rings is 1. The fourth-order valence-electron chi connectivity index (χ4n) is 7.82. The summed E-state index contributed by atoms with van der Waals surface area (Å²) in [6.45, 7) is 2.36. The Morgan fingerprint density at radius 1 is 0.810 bits per heavy atom. The van der Waals surface area contributed by atoms with Crippen molar-refractivity contribution in [2.24, 2.45) is 0 Å². The number of fused-ring (bicyclic) bond motifs is 1. The third-order valence-electron chi connectivity index (χ3n) is 10.9. The number of hydrogen-bond acceptors (Lipinski definition) is 10. The first-order chi connectivity index (χ1) is 30.7. The van der Waals surface area contributed by atoms with E-state index in [0.29, 0.717) is 42.0 Å². The topological polar surface area (TPSA) is 177 Å². The van der Waals surface area contributed by atoms with Gasteiger partial charge in [0, 0.05) is 35.6 Å². The normalized spacial score (nSPS) is 15.6. The lowest BCUT2D eigenvalue weighted by Gasteiger charge is -2.32. The number of hydrogen-bond donors (Lipinski definition) is 2. The Kier molecular flexibility index (Phi) is 12.5. The summed E-state index contributed by atoms with van der Waals surface area (Å²) in [6.07, 6.45) is 5.77. The molecular weight excluding hydrogens is 803 g/mol. The SMILES string of the molecule is CC(NC(=O)[C@@H](c1cccnc1)N(C(=O)c1ccco1)c1ccc(-c2ccccc2)cc1)c1ccccc1OCCCCOc1cccc2c1C(=O)N(C1CCC(=O)NC1=O)C2=O. The van der Waals surface area contributed by atoms with Gasteiger partial charge in [-0.05, 0) is 85.8 Å². The maximum Gasteiger partial charge on any atom is 0.294 e. The Labute approximate surface area is 362 Å². The van der Waals surface area contributed by atoms with Crippen molar-refractivity contribution in [3.63, 3.8) is 0 Å². The second kappa shape index (κ2) is 18.8. The third kappa shape index (κ3) is 8.96. The van der Waals surface area contributed by atoms with E-state index in [2.05, 4.69) is 15.6 Å². The van der Waals surface area contributed by atoms with E-state index in [1.54, 1.807) is 48.8 Å². The summed E-state index contributed by atoms with van der Waals surface area (Å²) < 4.78 is 17.8. The molecule has 6 aromatic rings. The molecule has 0 bridgehead atoms. The molecule has 2 aliphatic rings. The first-order valence-electron chi connectivity index (χ1n) is 20.6. The molecule has 4 aromatic carbocycles. The number of nitrogens with zero attached hydrogens (tertiary/aromatic N) is 3. The number of rotatable bonds is 16. The Bertz CT molecular complexity index is 2640. The van der Waals surface area contributed by atoms with E-state index in [-0.39, 0.29) is 42.1 Å². The van der Waals surface area contributed by atoms with Crippen LogP contribution in [0.4, 0.5) is 5.69 Å². The van der Waals surface area contributed by atoms with E-state index >= 15 is 0 Å². The number of carbonyl (C=O) groups is 6. The van der Waals surface area contributed by atoms with Gasteiger partial charge in [0.25, 0.3) is 17.7 Å². The van der Waals surface area contributed by atoms with Gasteiger partial charge >= 0.3 is 0 Å². The number of aromatic nitrogens is 1. The quantitative estimate of drug-likeness (QED) is 0.0746. The average molecular weight is 846 g/mol. The van der Waals surface area contributed by atoms with Crippen LogP contribution in [0.15, 0.2) is 144 Å². The Morgan fingerprint density at radius 3 is 2.24 bits per heavy atom. The van der Waals surface area contributed by atoms with Gasteiger partial charge < -0.3 is 19.2 Å². The van der Waals surface area contributed by atoms with Crippen LogP contribution in [0.5, 0.6) is 11.5 Å². The van der Waals surface area contributed by atoms with Crippen LogP contribution in [0.2, 0.25) is 0 Å². The number of furan rings is 1. The zero-order valence-electron chi connectivity index (χ0n) is 34.3. The summed E-state index contributed by atoms with van der Waals surface area (Å²) in [7, 11) is 0. The number of pyridine rings is 1. The first-order valence-corrected chi connectivity index (χ1v) is 20.6. The molecule has 1 saturated heterocycles. The Morgan fingerprint density at radius 2 is 1.52 bits per heavy atom. The van der Waals surface area contributed by atoms with Gasteiger partial charge in [0.15, 0.2) is 5.76 Å². The minimum Gasteiger partial charge on any atom is -0.493 e. The molecule has 8 rings (SSSR count). The van der Waals surface area contributed by atoms with E-state index < -0.39 is 53.6 Å². The smallest absolute Gasteiger partial charge is 0.294 e. The zero-order valence-corrected chi connectivity index (χ0v) is 34.3. The van der Waals surface area contributed by atoms with E-state index in [0.717, 1.165) is 16.0 Å². The number of benzene rings is 4. The first kappa shape index (κ1) is 41.8. The van der Waals surface area contributed by atoms with Crippen LogP contribution in [-0.2, 0) is 14.4 Å². The van der Waals surface area contributed by atoms with Crippen molar-refractivity contribution >= 4 is 41.1 Å². The number of imide groups is 2. The minimum atomic E-state index is -1.14. The molecule has 0 radical (unpaired) electrons. The van der Waals surface area contributed by atoms with E-state index in [1.165, 1.54) is 17.2 Å². The molecule has 3 atom stereocenters. The molecule has 318 valence electrons. The minimum absolute atomic E-state index is 0.0273. The maximum atomic E-state index is 14.6. The molecule has 0 saturated carbocycles. The van der Waals surface area contributed by atoms with Crippen molar-refractivity contribution < 1.29 is 42.7 Å². The zero-order chi connectivity index (χ0) is 43.9. The van der Waals surface area contributed by atoms with E-state index in [9.17, 15) is 28.8 Å². The number of ether oxygens (including phenoxy) is 2.